The van der Waals surface area contributed by atoms with Gasteiger partial charge in [-0.3, -0.25) is 4.79 Å². The van der Waals surface area contributed by atoms with E-state index in [0.717, 1.165) is 37.4 Å². The van der Waals surface area contributed by atoms with Crippen LogP contribution in [-0.4, -0.2) is 56.7 Å². The monoisotopic (exact) mass is 312 g/mol. The number of carbonyl (C=O) groups is 1. The van der Waals surface area contributed by atoms with Crippen LogP contribution in [0.15, 0.2) is 18.6 Å². The zero-order chi connectivity index (χ0) is 16.0. The van der Waals surface area contributed by atoms with E-state index in [9.17, 15) is 4.79 Å². The molecule has 2 aliphatic rings. The number of fused-ring (bicyclic) bond motifs is 1. The fourth-order valence-corrected chi connectivity index (χ4v) is 3.27. The molecule has 1 fully saturated rings. The number of aromatic nitrogens is 4. The van der Waals surface area contributed by atoms with Crippen LogP contribution in [0, 0.1) is 0 Å². The Bertz CT molecular complexity index is 749. The van der Waals surface area contributed by atoms with E-state index < -0.39 is 0 Å². The molecule has 0 spiro atoms. The van der Waals surface area contributed by atoms with E-state index in [2.05, 4.69) is 26.1 Å². The third-order valence-electron chi connectivity index (χ3n) is 4.90. The van der Waals surface area contributed by atoms with Gasteiger partial charge in [-0.25, -0.2) is 4.98 Å². The number of hydrogen-bond donors (Lipinski definition) is 0. The van der Waals surface area contributed by atoms with Crippen molar-refractivity contribution in [1.82, 2.24) is 24.6 Å². The van der Waals surface area contributed by atoms with Gasteiger partial charge in [0.15, 0.2) is 5.82 Å². The molecular formula is C16H20N6O. The SMILES string of the molecule is CN(C(=O)c1cncn1C)C1CN(c2cc3c(nn2)CCC3)C1. The van der Waals surface area contributed by atoms with Crippen molar-refractivity contribution >= 4 is 11.7 Å². The van der Waals surface area contributed by atoms with Crippen molar-refractivity contribution in [2.24, 2.45) is 7.05 Å². The Morgan fingerprint density at radius 3 is 2.87 bits per heavy atom. The Hall–Kier alpha value is -2.44. The topological polar surface area (TPSA) is 67.2 Å². The predicted molar refractivity (Wildman–Crippen MR) is 85.4 cm³/mol. The Balaban J connectivity index is 1.41. The number of nitrogens with zero attached hydrogens (tertiary/aromatic N) is 6. The maximum atomic E-state index is 12.5. The zero-order valence-corrected chi connectivity index (χ0v) is 13.4. The van der Waals surface area contributed by atoms with Crippen molar-refractivity contribution in [2.75, 3.05) is 25.0 Å². The number of likely N-dealkylation sites (N-methyl/N-ethyl adjacent to an activating group) is 1. The molecule has 1 saturated heterocycles. The fraction of sp³-hybridized carbons (Fsp3) is 0.500. The number of hydrogen-bond acceptors (Lipinski definition) is 5. The van der Waals surface area contributed by atoms with Gasteiger partial charge in [-0.05, 0) is 30.9 Å². The number of rotatable bonds is 3. The summed E-state index contributed by atoms with van der Waals surface area (Å²) in [7, 11) is 3.69. The minimum atomic E-state index is 0.00897. The molecule has 0 aromatic carbocycles. The van der Waals surface area contributed by atoms with E-state index in [1.165, 1.54) is 12.0 Å². The Labute approximate surface area is 134 Å². The molecule has 4 rings (SSSR count). The second-order valence-electron chi connectivity index (χ2n) is 6.39. The molecule has 0 atom stereocenters. The normalized spacial score (nSPS) is 17.0. The molecule has 7 nitrogen and oxygen atoms in total. The van der Waals surface area contributed by atoms with Gasteiger partial charge >= 0.3 is 0 Å². The highest BCUT2D eigenvalue weighted by atomic mass is 16.2. The van der Waals surface area contributed by atoms with Gasteiger partial charge in [-0.2, -0.15) is 5.10 Å². The molecule has 0 N–H and O–H groups in total. The summed E-state index contributed by atoms with van der Waals surface area (Å²) in [6.45, 7) is 1.60. The van der Waals surface area contributed by atoms with Crippen molar-refractivity contribution in [3.63, 3.8) is 0 Å². The van der Waals surface area contributed by atoms with Crippen LogP contribution in [0.4, 0.5) is 5.82 Å². The maximum Gasteiger partial charge on any atom is 0.272 e. The third-order valence-corrected chi connectivity index (χ3v) is 4.90. The van der Waals surface area contributed by atoms with Crippen molar-refractivity contribution in [1.29, 1.82) is 0 Å². The molecule has 3 heterocycles. The summed E-state index contributed by atoms with van der Waals surface area (Å²) in [5.41, 5.74) is 3.09. The van der Waals surface area contributed by atoms with Gasteiger partial charge in [-0.15, -0.1) is 5.10 Å². The standard InChI is InChI=1S/C16H20N6O/c1-20-10-17-7-14(20)16(23)21(2)12-8-22(9-12)15-6-11-4-3-5-13(11)18-19-15/h6-7,10,12H,3-5,8-9H2,1-2H3. The van der Waals surface area contributed by atoms with Crippen molar-refractivity contribution < 1.29 is 4.79 Å². The second kappa shape index (κ2) is 5.33. The summed E-state index contributed by atoms with van der Waals surface area (Å²) >= 11 is 0. The highest BCUT2D eigenvalue weighted by Gasteiger charge is 2.34. The fourth-order valence-electron chi connectivity index (χ4n) is 3.27. The molecule has 1 aliphatic heterocycles. The number of anilines is 1. The van der Waals surface area contributed by atoms with Crippen LogP contribution in [0.2, 0.25) is 0 Å². The van der Waals surface area contributed by atoms with Gasteiger partial charge in [0, 0.05) is 27.2 Å². The van der Waals surface area contributed by atoms with Crippen LogP contribution < -0.4 is 4.90 Å². The molecule has 1 amide bonds. The van der Waals surface area contributed by atoms with Crippen molar-refractivity contribution in [3.05, 3.63) is 35.5 Å². The lowest BCUT2D eigenvalue weighted by atomic mass is 10.1. The van der Waals surface area contributed by atoms with Crippen molar-refractivity contribution in [3.8, 4) is 0 Å². The van der Waals surface area contributed by atoms with E-state index in [1.54, 1.807) is 22.0 Å². The average molecular weight is 312 g/mol. The number of aryl methyl sites for hydroxylation is 3. The maximum absolute atomic E-state index is 12.5. The first-order valence-corrected chi connectivity index (χ1v) is 7.97. The largest absolute Gasteiger partial charge is 0.351 e. The molecule has 0 radical (unpaired) electrons. The second-order valence-corrected chi connectivity index (χ2v) is 6.39. The first-order valence-electron chi connectivity index (χ1n) is 7.97. The Morgan fingerprint density at radius 1 is 1.30 bits per heavy atom. The molecule has 120 valence electrons. The first-order chi connectivity index (χ1) is 11.1. The number of imidazole rings is 1. The number of carbonyl (C=O) groups excluding carboxylic acids is 1. The lowest BCUT2D eigenvalue weighted by molar-refractivity contribution is 0.0695. The van der Waals surface area contributed by atoms with E-state index in [4.69, 9.17) is 0 Å². The molecule has 0 unspecified atom stereocenters. The van der Waals surface area contributed by atoms with Crippen LogP contribution in [0.1, 0.15) is 28.2 Å². The van der Waals surface area contributed by atoms with Crippen LogP contribution in [0.5, 0.6) is 0 Å². The van der Waals surface area contributed by atoms with Gasteiger partial charge in [0.25, 0.3) is 5.91 Å². The van der Waals surface area contributed by atoms with Gasteiger partial charge in [-0.1, -0.05) is 0 Å². The zero-order valence-electron chi connectivity index (χ0n) is 13.4. The highest BCUT2D eigenvalue weighted by molar-refractivity contribution is 5.92. The smallest absolute Gasteiger partial charge is 0.272 e. The summed E-state index contributed by atoms with van der Waals surface area (Å²) in [5.74, 6) is 0.943. The summed E-state index contributed by atoms with van der Waals surface area (Å²) in [6, 6.07) is 2.36. The van der Waals surface area contributed by atoms with Gasteiger partial charge < -0.3 is 14.4 Å². The van der Waals surface area contributed by atoms with Gasteiger partial charge in [0.05, 0.1) is 24.3 Å². The Morgan fingerprint density at radius 2 is 2.13 bits per heavy atom. The van der Waals surface area contributed by atoms with Crippen LogP contribution >= 0.6 is 0 Å². The van der Waals surface area contributed by atoms with Crippen LogP contribution in [-0.2, 0) is 19.9 Å². The molecule has 1 aliphatic carbocycles. The molecular weight excluding hydrogens is 292 g/mol. The third kappa shape index (κ3) is 2.36. The first kappa shape index (κ1) is 14.2. The molecule has 0 bridgehead atoms. The van der Waals surface area contributed by atoms with Gasteiger partial charge in [0.2, 0.25) is 0 Å². The molecule has 2 aromatic rings. The van der Waals surface area contributed by atoms with Crippen LogP contribution in [0.3, 0.4) is 0 Å². The minimum Gasteiger partial charge on any atom is -0.351 e. The summed E-state index contributed by atoms with van der Waals surface area (Å²) in [4.78, 5) is 20.5. The minimum absolute atomic E-state index is 0.00897. The lowest BCUT2D eigenvalue weighted by Gasteiger charge is -2.44. The molecule has 23 heavy (non-hydrogen) atoms. The molecule has 2 aromatic heterocycles. The molecule has 0 saturated carbocycles. The average Bonchev–Trinajstić information content (AvgIpc) is 3.12. The van der Waals surface area contributed by atoms with E-state index >= 15 is 0 Å². The number of amides is 1. The van der Waals surface area contributed by atoms with Gasteiger partial charge in [0.1, 0.15) is 5.69 Å². The lowest BCUT2D eigenvalue weighted by Crippen LogP contribution is -2.60. The molecule has 7 heteroatoms. The van der Waals surface area contributed by atoms with E-state index in [-0.39, 0.29) is 11.9 Å². The van der Waals surface area contributed by atoms with E-state index in [0.29, 0.717) is 5.69 Å². The summed E-state index contributed by atoms with van der Waals surface area (Å²) in [6.07, 6.45) is 6.59. The van der Waals surface area contributed by atoms with Crippen LogP contribution in [0.25, 0.3) is 0 Å². The quantitative estimate of drug-likeness (QED) is 0.833. The summed E-state index contributed by atoms with van der Waals surface area (Å²) in [5, 5.41) is 8.67. The Kier molecular flexibility index (Phi) is 3.28. The van der Waals surface area contributed by atoms with E-state index in [1.807, 2.05) is 14.1 Å². The predicted octanol–water partition coefficient (Wildman–Crippen LogP) is 0.660. The highest BCUT2D eigenvalue weighted by Crippen LogP contribution is 2.26. The summed E-state index contributed by atoms with van der Waals surface area (Å²) < 4.78 is 1.75. The van der Waals surface area contributed by atoms with Crippen molar-refractivity contribution in [2.45, 2.75) is 25.3 Å².